The largest absolute Gasteiger partial charge is 0.342 e. The summed E-state index contributed by atoms with van der Waals surface area (Å²) in [5.74, 6) is 0.931. The number of nitrogens with one attached hydrogen (secondary N) is 1. The lowest BCUT2D eigenvalue weighted by molar-refractivity contribution is 0.477. The summed E-state index contributed by atoms with van der Waals surface area (Å²) in [5.41, 5.74) is 4.24. The van der Waals surface area contributed by atoms with Crippen LogP contribution in [0.1, 0.15) is 23.7 Å². The van der Waals surface area contributed by atoms with Crippen LogP contribution in [0.15, 0.2) is 36.4 Å². The van der Waals surface area contributed by atoms with Crippen molar-refractivity contribution < 1.29 is 4.39 Å². The van der Waals surface area contributed by atoms with Gasteiger partial charge in [-0.3, -0.25) is 0 Å². The van der Waals surface area contributed by atoms with Crippen LogP contribution in [0, 0.1) is 24.2 Å². The van der Waals surface area contributed by atoms with Crippen molar-refractivity contribution in [2.45, 2.75) is 19.3 Å². The summed E-state index contributed by atoms with van der Waals surface area (Å²) in [4.78, 5) is 9.76. The summed E-state index contributed by atoms with van der Waals surface area (Å²) in [6.45, 7) is 3.43. The van der Waals surface area contributed by atoms with Gasteiger partial charge in [-0.15, -0.1) is 0 Å². The smallest absolute Gasteiger partial charge is 0.179 e. The van der Waals surface area contributed by atoms with E-state index in [9.17, 15) is 4.39 Å². The average Bonchev–Trinajstić information content (AvgIpc) is 3.22. The van der Waals surface area contributed by atoms with E-state index in [0.29, 0.717) is 12.1 Å². The second-order valence-corrected chi connectivity index (χ2v) is 6.37. The van der Waals surface area contributed by atoms with Crippen molar-refractivity contribution in [2.24, 2.45) is 0 Å². The van der Waals surface area contributed by atoms with Gasteiger partial charge in [0.1, 0.15) is 11.6 Å². The minimum Gasteiger partial charge on any atom is -0.342 e. The fourth-order valence-corrected chi connectivity index (χ4v) is 3.32. The van der Waals surface area contributed by atoms with Gasteiger partial charge in [0.25, 0.3) is 0 Å². The molecule has 1 aliphatic rings. The van der Waals surface area contributed by atoms with E-state index in [-0.39, 0.29) is 11.7 Å². The molecule has 5 heteroatoms. The summed E-state index contributed by atoms with van der Waals surface area (Å²) in [6.07, 6.45) is 3.11. The van der Waals surface area contributed by atoms with Crippen LogP contribution in [0.25, 0.3) is 22.2 Å². The number of halogens is 1. The molecule has 1 aromatic heterocycles. The number of benzene rings is 2. The Kier molecular flexibility index (Phi) is 3.46. The number of rotatable bonds is 2. The van der Waals surface area contributed by atoms with Crippen LogP contribution in [0.5, 0.6) is 0 Å². The number of aromatic nitrogens is 2. The highest BCUT2D eigenvalue weighted by atomic mass is 19.1. The van der Waals surface area contributed by atoms with Gasteiger partial charge in [-0.25, -0.2) is 9.37 Å². The van der Waals surface area contributed by atoms with Crippen LogP contribution in [-0.2, 0) is 0 Å². The molecule has 0 aliphatic carbocycles. The van der Waals surface area contributed by atoms with Crippen LogP contribution in [-0.4, -0.2) is 28.0 Å². The lowest BCUT2D eigenvalue weighted by atomic mass is 10.0. The fourth-order valence-electron chi connectivity index (χ4n) is 3.32. The molecule has 2 aromatic carbocycles. The van der Waals surface area contributed by atoms with Crippen molar-refractivity contribution in [3.63, 3.8) is 0 Å². The third kappa shape index (κ3) is 2.50. The van der Waals surface area contributed by atoms with Crippen LogP contribution >= 0.6 is 0 Å². The molecule has 1 unspecified atom stereocenters. The van der Waals surface area contributed by atoms with Crippen LogP contribution in [0.2, 0.25) is 0 Å². The van der Waals surface area contributed by atoms with Crippen LogP contribution in [0.3, 0.4) is 0 Å². The number of likely N-dealkylation sites (tertiary alicyclic amines) is 1. The Balaban J connectivity index is 1.72. The Labute approximate surface area is 139 Å². The van der Waals surface area contributed by atoms with Gasteiger partial charge in [0, 0.05) is 24.6 Å². The summed E-state index contributed by atoms with van der Waals surface area (Å²) in [7, 11) is 0. The number of aryl methyl sites for hydroxylation is 1. The number of H-pyrrole nitrogens is 1. The van der Waals surface area contributed by atoms with E-state index in [2.05, 4.69) is 16.2 Å². The molecule has 3 aromatic rings. The summed E-state index contributed by atoms with van der Waals surface area (Å²) in [6, 6.07) is 10.9. The lowest BCUT2D eigenvalue weighted by Gasteiger charge is -2.06. The third-order valence-electron chi connectivity index (χ3n) is 4.65. The van der Waals surface area contributed by atoms with E-state index in [1.807, 2.05) is 31.2 Å². The first kappa shape index (κ1) is 14.7. The van der Waals surface area contributed by atoms with Crippen molar-refractivity contribution in [1.82, 2.24) is 14.9 Å². The standard InChI is InChI=1S/C19H17FN4/c1-12-2-4-16(20)15(8-12)13-3-5-17-18(9-13)23-19(22-17)14-6-7-24(10-14)11-21/h2-5,8-9,14H,6-7,10H2,1H3,(H,22,23). The molecule has 24 heavy (non-hydrogen) atoms. The number of imidazole rings is 1. The topological polar surface area (TPSA) is 55.7 Å². The predicted octanol–water partition coefficient (Wildman–Crippen LogP) is 3.95. The van der Waals surface area contributed by atoms with Gasteiger partial charge in [0.05, 0.1) is 11.0 Å². The van der Waals surface area contributed by atoms with Crippen molar-refractivity contribution in [3.8, 4) is 17.3 Å². The molecule has 1 atom stereocenters. The summed E-state index contributed by atoms with van der Waals surface area (Å²) >= 11 is 0. The lowest BCUT2D eigenvalue weighted by Crippen LogP contribution is -2.13. The van der Waals surface area contributed by atoms with Gasteiger partial charge < -0.3 is 9.88 Å². The van der Waals surface area contributed by atoms with Crippen molar-refractivity contribution in [2.75, 3.05) is 13.1 Å². The Hall–Kier alpha value is -2.87. The van der Waals surface area contributed by atoms with Crippen molar-refractivity contribution in [3.05, 3.63) is 53.6 Å². The first-order valence-corrected chi connectivity index (χ1v) is 8.05. The van der Waals surface area contributed by atoms with Crippen LogP contribution < -0.4 is 0 Å². The quantitative estimate of drug-likeness (QED) is 0.727. The minimum atomic E-state index is -0.222. The zero-order chi connectivity index (χ0) is 16.7. The highest BCUT2D eigenvalue weighted by molar-refractivity contribution is 5.82. The van der Waals surface area contributed by atoms with E-state index in [0.717, 1.165) is 41.0 Å². The molecule has 0 saturated carbocycles. The van der Waals surface area contributed by atoms with E-state index < -0.39 is 0 Å². The Morgan fingerprint density at radius 1 is 1.29 bits per heavy atom. The molecule has 1 fully saturated rings. The molecule has 0 radical (unpaired) electrons. The normalized spacial score (nSPS) is 17.4. The Morgan fingerprint density at radius 3 is 2.96 bits per heavy atom. The van der Waals surface area contributed by atoms with E-state index in [1.54, 1.807) is 11.0 Å². The average molecular weight is 320 g/mol. The SMILES string of the molecule is Cc1ccc(F)c(-c2ccc3nc(C4CCN(C#N)C4)[nH]c3c2)c1. The number of fused-ring (bicyclic) bond motifs is 1. The predicted molar refractivity (Wildman–Crippen MR) is 90.8 cm³/mol. The minimum absolute atomic E-state index is 0.222. The molecule has 1 aliphatic heterocycles. The molecule has 4 rings (SSSR count). The van der Waals surface area contributed by atoms with Crippen molar-refractivity contribution >= 4 is 11.0 Å². The van der Waals surface area contributed by atoms with E-state index >= 15 is 0 Å². The molecule has 1 saturated heterocycles. The first-order valence-electron chi connectivity index (χ1n) is 8.05. The maximum Gasteiger partial charge on any atom is 0.179 e. The molecule has 0 bridgehead atoms. The molecule has 2 heterocycles. The fraction of sp³-hybridized carbons (Fsp3) is 0.263. The molecular formula is C19H17FN4. The Morgan fingerprint density at radius 2 is 2.17 bits per heavy atom. The number of hydrogen-bond donors (Lipinski definition) is 1. The number of aromatic amines is 1. The van der Waals surface area contributed by atoms with Crippen molar-refractivity contribution in [1.29, 1.82) is 5.26 Å². The second kappa shape index (κ2) is 5.64. The molecule has 120 valence electrons. The zero-order valence-corrected chi connectivity index (χ0v) is 13.4. The molecule has 0 amide bonds. The molecular weight excluding hydrogens is 303 g/mol. The zero-order valence-electron chi connectivity index (χ0n) is 13.4. The number of nitrogens with zero attached hydrogens (tertiary/aromatic N) is 3. The molecule has 4 nitrogen and oxygen atoms in total. The van der Waals surface area contributed by atoms with E-state index in [1.165, 1.54) is 6.07 Å². The van der Waals surface area contributed by atoms with Gasteiger partial charge in [0.15, 0.2) is 6.19 Å². The Bertz CT molecular complexity index is 954. The molecule has 0 spiro atoms. The number of nitriles is 1. The van der Waals surface area contributed by atoms with Crippen LogP contribution in [0.4, 0.5) is 4.39 Å². The number of hydrogen-bond acceptors (Lipinski definition) is 3. The van der Waals surface area contributed by atoms with Gasteiger partial charge in [-0.1, -0.05) is 17.7 Å². The second-order valence-electron chi connectivity index (χ2n) is 6.37. The van der Waals surface area contributed by atoms with Gasteiger partial charge in [-0.2, -0.15) is 5.26 Å². The van der Waals surface area contributed by atoms with Gasteiger partial charge in [-0.05, 0) is 43.2 Å². The van der Waals surface area contributed by atoms with E-state index in [4.69, 9.17) is 5.26 Å². The maximum absolute atomic E-state index is 14.1. The van der Waals surface area contributed by atoms with Gasteiger partial charge in [0.2, 0.25) is 0 Å². The monoisotopic (exact) mass is 320 g/mol. The summed E-state index contributed by atoms with van der Waals surface area (Å²) in [5, 5.41) is 8.99. The third-order valence-corrected chi connectivity index (χ3v) is 4.65. The highest BCUT2D eigenvalue weighted by Crippen LogP contribution is 2.30. The molecule has 1 N–H and O–H groups in total. The summed E-state index contributed by atoms with van der Waals surface area (Å²) < 4.78 is 14.1. The van der Waals surface area contributed by atoms with Gasteiger partial charge >= 0.3 is 0 Å². The highest BCUT2D eigenvalue weighted by Gasteiger charge is 2.25. The first-order chi connectivity index (χ1) is 11.6. The maximum atomic E-state index is 14.1.